The summed E-state index contributed by atoms with van der Waals surface area (Å²) < 4.78 is 2.44. The molecule has 2 aromatic heterocycles. The standard InChI is InChI=1S/C42H33N3/c1-42(2)36-11-7-6-10-33(36)34-17-19-38-40(41(34)42)35-22-26(13-18-37(35)45(38)30-8-4-3-5-9-30)12-16-31-29(24-43)23-27-14-15-28-25-44-21-20-32(28)39(27)31/h3-11,13-22,24-25H,12,23,43H2,1-2H3/b29-24-,31-16+. The number of aromatic nitrogens is 2. The molecule has 0 fully saturated rings. The van der Waals surface area contributed by atoms with Crippen molar-refractivity contribution in [2.45, 2.75) is 32.1 Å². The van der Waals surface area contributed by atoms with Gasteiger partial charge in [0.2, 0.25) is 0 Å². The van der Waals surface area contributed by atoms with Gasteiger partial charge in [-0.05, 0) is 104 Å². The van der Waals surface area contributed by atoms with E-state index in [1.807, 2.05) is 12.4 Å². The molecule has 0 aliphatic heterocycles. The number of fused-ring (bicyclic) bond motifs is 10. The summed E-state index contributed by atoms with van der Waals surface area (Å²) in [4.78, 5) is 4.36. The monoisotopic (exact) mass is 579 g/mol. The predicted octanol–water partition coefficient (Wildman–Crippen LogP) is 9.66. The first-order chi connectivity index (χ1) is 22.0. The third-order valence-corrected chi connectivity index (χ3v) is 10.2. The first-order valence-corrected chi connectivity index (χ1v) is 15.8. The summed E-state index contributed by atoms with van der Waals surface area (Å²) in [6.45, 7) is 4.77. The van der Waals surface area contributed by atoms with Crippen LogP contribution in [-0.4, -0.2) is 9.55 Å². The quantitative estimate of drug-likeness (QED) is 0.226. The van der Waals surface area contributed by atoms with Crippen LogP contribution in [0.5, 0.6) is 0 Å². The van der Waals surface area contributed by atoms with E-state index in [4.69, 9.17) is 5.73 Å². The number of pyridine rings is 1. The molecular formula is C42H33N3. The highest BCUT2D eigenvalue weighted by atomic mass is 15.0. The van der Waals surface area contributed by atoms with Crippen LogP contribution < -0.4 is 5.73 Å². The lowest BCUT2D eigenvalue weighted by atomic mass is 9.80. The fourth-order valence-electron chi connectivity index (χ4n) is 8.15. The highest BCUT2D eigenvalue weighted by Crippen LogP contribution is 2.53. The Kier molecular flexibility index (Phi) is 5.52. The summed E-state index contributed by atoms with van der Waals surface area (Å²) in [7, 11) is 0. The molecule has 0 spiro atoms. The second kappa shape index (κ2) is 9.54. The Morgan fingerprint density at radius 1 is 0.822 bits per heavy atom. The van der Waals surface area contributed by atoms with Crippen molar-refractivity contribution in [2.75, 3.05) is 0 Å². The van der Waals surface area contributed by atoms with Crippen LogP contribution in [-0.2, 0) is 18.3 Å². The molecule has 0 atom stereocenters. The third kappa shape index (κ3) is 3.67. The molecule has 2 heterocycles. The van der Waals surface area contributed by atoms with E-state index in [2.05, 4.69) is 133 Å². The molecule has 2 aliphatic carbocycles. The molecule has 3 heteroatoms. The average Bonchev–Trinajstić information content (AvgIpc) is 3.69. The first-order valence-electron chi connectivity index (χ1n) is 15.8. The van der Waals surface area contributed by atoms with Gasteiger partial charge in [-0.3, -0.25) is 4.98 Å². The number of nitrogens with two attached hydrogens (primary N) is 1. The van der Waals surface area contributed by atoms with E-state index in [1.54, 1.807) is 6.20 Å². The molecule has 0 saturated heterocycles. The van der Waals surface area contributed by atoms with Gasteiger partial charge in [0, 0.05) is 46.1 Å². The van der Waals surface area contributed by atoms with Gasteiger partial charge >= 0.3 is 0 Å². The van der Waals surface area contributed by atoms with Crippen molar-refractivity contribution >= 4 is 38.2 Å². The van der Waals surface area contributed by atoms with E-state index < -0.39 is 0 Å². The normalized spacial score (nSPS) is 16.6. The molecule has 3 nitrogen and oxygen atoms in total. The average molecular weight is 580 g/mol. The van der Waals surface area contributed by atoms with Crippen LogP contribution in [0.4, 0.5) is 0 Å². The molecular weight excluding hydrogens is 546 g/mol. The van der Waals surface area contributed by atoms with Crippen molar-refractivity contribution in [3.63, 3.8) is 0 Å². The smallest absolute Gasteiger partial charge is 0.0544 e. The van der Waals surface area contributed by atoms with Crippen molar-refractivity contribution in [3.05, 3.63) is 161 Å². The highest BCUT2D eigenvalue weighted by molar-refractivity contribution is 6.14. The molecule has 0 amide bonds. The van der Waals surface area contributed by atoms with E-state index in [0.717, 1.165) is 18.2 Å². The Balaban J connectivity index is 1.26. The molecule has 0 radical (unpaired) electrons. The molecule has 5 aromatic carbocycles. The molecule has 2 aliphatic rings. The Labute approximate surface area is 263 Å². The van der Waals surface area contributed by atoms with E-state index in [-0.39, 0.29) is 5.41 Å². The summed E-state index contributed by atoms with van der Waals surface area (Å²) in [5, 5.41) is 5.06. The number of benzene rings is 5. The van der Waals surface area contributed by atoms with Crippen LogP contribution in [0.1, 0.15) is 41.7 Å². The molecule has 9 rings (SSSR count). The number of hydrogen-bond acceptors (Lipinski definition) is 2. The maximum absolute atomic E-state index is 6.21. The van der Waals surface area contributed by atoms with E-state index >= 15 is 0 Å². The largest absolute Gasteiger partial charge is 0.404 e. The fourth-order valence-corrected chi connectivity index (χ4v) is 8.15. The van der Waals surface area contributed by atoms with E-state index in [9.17, 15) is 0 Å². The van der Waals surface area contributed by atoms with Crippen LogP contribution in [0.2, 0.25) is 0 Å². The van der Waals surface area contributed by atoms with Crippen LogP contribution in [0.3, 0.4) is 0 Å². The maximum Gasteiger partial charge on any atom is 0.0544 e. The number of nitrogens with zero attached hydrogens (tertiary/aromatic N) is 2. The maximum atomic E-state index is 6.21. The second-order valence-electron chi connectivity index (χ2n) is 13.0. The SMILES string of the molecule is CC1(C)c2ccccc2-c2ccc3c(c21)c1cc(C/C=C2\C(=C/N)Cc4ccc5cnccc5c42)ccc1n3-c1ccccc1. The van der Waals surface area contributed by atoms with Gasteiger partial charge in [0.05, 0.1) is 11.0 Å². The number of rotatable bonds is 3. The van der Waals surface area contributed by atoms with Crippen molar-refractivity contribution in [3.8, 4) is 16.8 Å². The van der Waals surface area contributed by atoms with Crippen molar-refractivity contribution in [1.29, 1.82) is 0 Å². The van der Waals surface area contributed by atoms with Crippen molar-refractivity contribution in [2.24, 2.45) is 5.73 Å². The van der Waals surface area contributed by atoms with Crippen LogP contribution >= 0.6 is 0 Å². The molecule has 2 N–H and O–H groups in total. The zero-order valence-electron chi connectivity index (χ0n) is 25.5. The molecule has 0 unspecified atom stereocenters. The van der Waals surface area contributed by atoms with E-state index in [0.29, 0.717) is 0 Å². The molecule has 0 bridgehead atoms. The Hall–Kier alpha value is -5.41. The minimum Gasteiger partial charge on any atom is -0.404 e. The zero-order valence-corrected chi connectivity index (χ0v) is 25.5. The Morgan fingerprint density at radius 3 is 2.51 bits per heavy atom. The Bertz CT molecular complexity index is 2400. The van der Waals surface area contributed by atoms with Gasteiger partial charge in [-0.15, -0.1) is 0 Å². The van der Waals surface area contributed by atoms with Crippen LogP contribution in [0, 0.1) is 0 Å². The van der Waals surface area contributed by atoms with Gasteiger partial charge in [0.1, 0.15) is 0 Å². The summed E-state index contributed by atoms with van der Waals surface area (Å²) in [5.41, 5.74) is 21.7. The predicted molar refractivity (Wildman–Crippen MR) is 188 cm³/mol. The lowest BCUT2D eigenvalue weighted by Gasteiger charge is -2.22. The number of hydrogen-bond donors (Lipinski definition) is 1. The first kappa shape index (κ1) is 26.0. The number of allylic oxidation sites excluding steroid dienone is 3. The van der Waals surface area contributed by atoms with Crippen molar-refractivity contribution in [1.82, 2.24) is 9.55 Å². The molecule has 216 valence electrons. The molecule has 45 heavy (non-hydrogen) atoms. The second-order valence-corrected chi connectivity index (χ2v) is 13.0. The highest BCUT2D eigenvalue weighted by Gasteiger charge is 2.38. The summed E-state index contributed by atoms with van der Waals surface area (Å²) in [5.74, 6) is 0. The van der Waals surface area contributed by atoms with Gasteiger partial charge in [0.25, 0.3) is 0 Å². The van der Waals surface area contributed by atoms with Gasteiger partial charge in [-0.2, -0.15) is 0 Å². The summed E-state index contributed by atoms with van der Waals surface area (Å²) in [6.07, 6.45) is 9.69. The van der Waals surface area contributed by atoms with Gasteiger partial charge in [-0.25, -0.2) is 0 Å². The lowest BCUT2D eigenvalue weighted by molar-refractivity contribution is 0.666. The topological polar surface area (TPSA) is 43.8 Å². The number of para-hydroxylation sites is 1. The molecule has 7 aromatic rings. The van der Waals surface area contributed by atoms with Crippen molar-refractivity contribution < 1.29 is 0 Å². The van der Waals surface area contributed by atoms with E-state index in [1.165, 1.54) is 83.0 Å². The minimum atomic E-state index is -0.108. The molecule has 0 saturated carbocycles. The van der Waals surface area contributed by atoms with Crippen LogP contribution in [0.15, 0.2) is 133 Å². The zero-order chi connectivity index (χ0) is 30.3. The van der Waals surface area contributed by atoms with Gasteiger partial charge in [0.15, 0.2) is 0 Å². The lowest BCUT2D eigenvalue weighted by Crippen LogP contribution is -2.15. The minimum absolute atomic E-state index is 0.108. The Morgan fingerprint density at radius 2 is 1.64 bits per heavy atom. The summed E-state index contributed by atoms with van der Waals surface area (Å²) in [6, 6.07) is 37.9. The third-order valence-electron chi connectivity index (χ3n) is 10.2. The fraction of sp³-hybridized carbons (Fsp3) is 0.119. The summed E-state index contributed by atoms with van der Waals surface area (Å²) >= 11 is 0. The van der Waals surface area contributed by atoms with Crippen LogP contribution in [0.25, 0.3) is 55.0 Å². The van der Waals surface area contributed by atoms with Gasteiger partial charge in [-0.1, -0.05) is 86.7 Å². The van der Waals surface area contributed by atoms with Gasteiger partial charge < -0.3 is 10.3 Å².